The van der Waals surface area contributed by atoms with Crippen LogP contribution in [0.15, 0.2) is 42.5 Å². The maximum absolute atomic E-state index is 10.7. The highest BCUT2D eigenvalue weighted by atomic mass is 16.6. The molecule has 0 aliphatic carbocycles. The average Bonchev–Trinajstić information content (AvgIpc) is 2.79. The molecule has 0 radical (unpaired) electrons. The third-order valence-electron chi connectivity index (χ3n) is 2.73. The van der Waals surface area contributed by atoms with Gasteiger partial charge in [-0.2, -0.15) is 4.98 Å². The van der Waals surface area contributed by atoms with Crippen molar-refractivity contribution >= 4 is 22.4 Å². The lowest BCUT2D eigenvalue weighted by atomic mass is 10.3. The summed E-state index contributed by atoms with van der Waals surface area (Å²) in [6, 6.07) is 11.5. The summed E-state index contributed by atoms with van der Waals surface area (Å²) in [5, 5.41) is 10.7. The van der Waals surface area contributed by atoms with Gasteiger partial charge in [0.25, 0.3) is 11.7 Å². The van der Waals surface area contributed by atoms with E-state index in [-0.39, 0.29) is 11.7 Å². The molecular weight excluding hydrogens is 260 g/mol. The standard InChI is InChI=1S/C13H10N4O3/c14-8-2-1-3-10(6-8)20-13-15-11-5-4-9(17(18)19)7-12(11)16-13/h1-7H,14H2,(H,15,16). The van der Waals surface area contributed by atoms with Gasteiger partial charge in [0.05, 0.1) is 16.0 Å². The largest absolute Gasteiger partial charge is 0.426 e. The lowest BCUT2D eigenvalue weighted by Crippen LogP contribution is -1.88. The van der Waals surface area contributed by atoms with Gasteiger partial charge < -0.3 is 15.5 Å². The first-order chi connectivity index (χ1) is 9.61. The molecule has 0 fully saturated rings. The van der Waals surface area contributed by atoms with E-state index in [1.54, 1.807) is 30.3 Å². The van der Waals surface area contributed by atoms with Gasteiger partial charge >= 0.3 is 0 Å². The predicted molar refractivity (Wildman–Crippen MR) is 73.7 cm³/mol. The summed E-state index contributed by atoms with van der Waals surface area (Å²) in [6.45, 7) is 0. The van der Waals surface area contributed by atoms with Crippen LogP contribution >= 0.6 is 0 Å². The van der Waals surface area contributed by atoms with E-state index in [1.807, 2.05) is 0 Å². The van der Waals surface area contributed by atoms with Crippen LogP contribution in [0.1, 0.15) is 0 Å². The molecule has 1 heterocycles. The first kappa shape index (κ1) is 12.0. The van der Waals surface area contributed by atoms with Crippen molar-refractivity contribution in [3.8, 4) is 11.8 Å². The fraction of sp³-hybridized carbons (Fsp3) is 0. The highest BCUT2D eigenvalue weighted by Crippen LogP contribution is 2.25. The first-order valence-corrected chi connectivity index (χ1v) is 5.79. The van der Waals surface area contributed by atoms with Crippen LogP contribution < -0.4 is 10.5 Å². The number of imidazole rings is 1. The monoisotopic (exact) mass is 270 g/mol. The number of nitrogens with zero attached hydrogens (tertiary/aromatic N) is 2. The van der Waals surface area contributed by atoms with Gasteiger partial charge in [-0.25, -0.2) is 0 Å². The van der Waals surface area contributed by atoms with Gasteiger partial charge in [-0.1, -0.05) is 6.07 Å². The van der Waals surface area contributed by atoms with E-state index in [1.165, 1.54) is 12.1 Å². The molecule has 0 spiro atoms. The highest BCUT2D eigenvalue weighted by Gasteiger charge is 2.10. The van der Waals surface area contributed by atoms with Gasteiger partial charge in [0.1, 0.15) is 5.75 Å². The van der Waals surface area contributed by atoms with Crippen molar-refractivity contribution < 1.29 is 9.66 Å². The van der Waals surface area contributed by atoms with E-state index in [9.17, 15) is 10.1 Å². The Morgan fingerprint density at radius 1 is 1.25 bits per heavy atom. The number of hydrogen-bond acceptors (Lipinski definition) is 5. The van der Waals surface area contributed by atoms with Crippen LogP contribution in [-0.4, -0.2) is 14.9 Å². The maximum Gasteiger partial charge on any atom is 0.300 e. The Labute approximate surface area is 113 Å². The molecule has 0 aliphatic rings. The zero-order valence-corrected chi connectivity index (χ0v) is 10.2. The number of nitrogens with one attached hydrogen (secondary N) is 1. The predicted octanol–water partition coefficient (Wildman–Crippen LogP) is 2.85. The molecule has 0 aliphatic heterocycles. The smallest absolute Gasteiger partial charge is 0.300 e. The quantitative estimate of drug-likeness (QED) is 0.432. The number of anilines is 1. The zero-order valence-electron chi connectivity index (χ0n) is 10.2. The number of fused-ring (bicyclic) bond motifs is 1. The normalized spacial score (nSPS) is 10.6. The number of aromatic amines is 1. The summed E-state index contributed by atoms with van der Waals surface area (Å²) < 4.78 is 5.53. The van der Waals surface area contributed by atoms with Crippen LogP contribution in [0.3, 0.4) is 0 Å². The molecule has 0 atom stereocenters. The number of benzene rings is 2. The molecule has 0 saturated heterocycles. The number of nitrogens with two attached hydrogens (primary N) is 1. The highest BCUT2D eigenvalue weighted by molar-refractivity contribution is 5.78. The second-order valence-electron chi connectivity index (χ2n) is 4.18. The summed E-state index contributed by atoms with van der Waals surface area (Å²) in [5.41, 5.74) is 7.36. The van der Waals surface area contributed by atoms with E-state index in [4.69, 9.17) is 10.5 Å². The Morgan fingerprint density at radius 2 is 2.10 bits per heavy atom. The lowest BCUT2D eigenvalue weighted by molar-refractivity contribution is -0.384. The summed E-state index contributed by atoms with van der Waals surface area (Å²) in [6.07, 6.45) is 0. The van der Waals surface area contributed by atoms with E-state index in [2.05, 4.69) is 9.97 Å². The van der Waals surface area contributed by atoms with E-state index >= 15 is 0 Å². The molecule has 3 rings (SSSR count). The van der Waals surface area contributed by atoms with Gasteiger partial charge in [-0.15, -0.1) is 0 Å². The van der Waals surface area contributed by atoms with Crippen LogP contribution in [0, 0.1) is 10.1 Å². The third kappa shape index (κ3) is 2.24. The number of aromatic nitrogens is 2. The second kappa shape index (κ2) is 4.54. The molecule has 3 aromatic rings. The molecule has 20 heavy (non-hydrogen) atoms. The SMILES string of the molecule is Nc1cccc(Oc2nc3ccc([N+](=O)[O-])cc3[nH]2)c1. The molecule has 2 aromatic carbocycles. The molecule has 0 saturated carbocycles. The molecule has 1 aromatic heterocycles. The second-order valence-corrected chi connectivity index (χ2v) is 4.18. The molecule has 7 nitrogen and oxygen atoms in total. The number of nitro groups is 1. The third-order valence-corrected chi connectivity index (χ3v) is 2.73. The van der Waals surface area contributed by atoms with Crippen molar-refractivity contribution in [1.82, 2.24) is 9.97 Å². The number of non-ortho nitro benzene ring substituents is 1. The molecule has 7 heteroatoms. The molecule has 100 valence electrons. The Kier molecular flexibility index (Phi) is 2.72. The van der Waals surface area contributed by atoms with E-state index in [0.29, 0.717) is 22.5 Å². The van der Waals surface area contributed by atoms with Crippen LogP contribution in [-0.2, 0) is 0 Å². The van der Waals surface area contributed by atoms with Gasteiger partial charge in [-0.05, 0) is 18.2 Å². The number of ether oxygens (including phenoxy) is 1. The first-order valence-electron chi connectivity index (χ1n) is 5.79. The Hall–Kier alpha value is -3.09. The minimum Gasteiger partial charge on any atom is -0.426 e. The van der Waals surface area contributed by atoms with Gasteiger partial charge in [0.2, 0.25) is 0 Å². The van der Waals surface area contributed by atoms with Crippen LogP contribution in [0.5, 0.6) is 11.8 Å². The van der Waals surface area contributed by atoms with Crippen molar-refractivity contribution in [2.75, 3.05) is 5.73 Å². The topological polar surface area (TPSA) is 107 Å². The summed E-state index contributed by atoms with van der Waals surface area (Å²) in [5.74, 6) is 0.540. The van der Waals surface area contributed by atoms with Crippen molar-refractivity contribution in [2.45, 2.75) is 0 Å². The van der Waals surface area contributed by atoms with Gasteiger partial charge in [0.15, 0.2) is 0 Å². The fourth-order valence-corrected chi connectivity index (χ4v) is 1.83. The zero-order chi connectivity index (χ0) is 14.1. The van der Waals surface area contributed by atoms with Crippen molar-refractivity contribution in [3.05, 3.63) is 52.6 Å². The minimum atomic E-state index is -0.460. The summed E-state index contributed by atoms with van der Waals surface area (Å²) in [4.78, 5) is 17.3. The minimum absolute atomic E-state index is 0.00310. The van der Waals surface area contributed by atoms with Crippen molar-refractivity contribution in [2.24, 2.45) is 0 Å². The molecule has 0 unspecified atom stereocenters. The molecule has 0 amide bonds. The number of H-pyrrole nitrogens is 1. The van der Waals surface area contributed by atoms with Gasteiger partial charge in [0, 0.05) is 23.9 Å². The lowest BCUT2D eigenvalue weighted by Gasteiger charge is -2.01. The number of rotatable bonds is 3. The van der Waals surface area contributed by atoms with Crippen LogP contribution in [0.2, 0.25) is 0 Å². The van der Waals surface area contributed by atoms with Crippen LogP contribution in [0.4, 0.5) is 11.4 Å². The number of hydrogen-bond donors (Lipinski definition) is 2. The van der Waals surface area contributed by atoms with E-state index in [0.717, 1.165) is 0 Å². The summed E-state index contributed by atoms with van der Waals surface area (Å²) in [7, 11) is 0. The van der Waals surface area contributed by atoms with Crippen LogP contribution in [0.25, 0.3) is 11.0 Å². The maximum atomic E-state index is 10.7. The van der Waals surface area contributed by atoms with Gasteiger partial charge in [-0.3, -0.25) is 10.1 Å². The molecular formula is C13H10N4O3. The average molecular weight is 270 g/mol. The van der Waals surface area contributed by atoms with Crippen molar-refractivity contribution in [1.29, 1.82) is 0 Å². The Bertz CT molecular complexity index is 797. The van der Waals surface area contributed by atoms with E-state index < -0.39 is 4.92 Å². The fourth-order valence-electron chi connectivity index (χ4n) is 1.83. The summed E-state index contributed by atoms with van der Waals surface area (Å²) >= 11 is 0. The molecule has 0 bridgehead atoms. The number of nitrogen functional groups attached to an aromatic ring is 1. The molecule has 3 N–H and O–H groups in total. The van der Waals surface area contributed by atoms with Crippen molar-refractivity contribution in [3.63, 3.8) is 0 Å². The number of nitro benzene ring substituents is 1. The Balaban J connectivity index is 1.95. The Morgan fingerprint density at radius 3 is 2.85 bits per heavy atom.